The lowest BCUT2D eigenvalue weighted by molar-refractivity contribution is -0.120. The Hall–Kier alpha value is -2.03. The first-order valence-electron chi connectivity index (χ1n) is 8.93. The molecule has 1 amide bonds. The molecule has 0 radical (unpaired) electrons. The quantitative estimate of drug-likeness (QED) is 0.564. The Balaban J connectivity index is 1.61. The van der Waals surface area contributed by atoms with Crippen molar-refractivity contribution in [1.29, 1.82) is 0 Å². The molecular weight excluding hydrogens is 396 g/mol. The van der Waals surface area contributed by atoms with E-state index in [0.29, 0.717) is 25.3 Å². The average Bonchev–Trinajstić information content (AvgIpc) is 2.69. The lowest BCUT2D eigenvalue weighted by Crippen LogP contribution is -2.28. The highest BCUT2D eigenvalue weighted by Crippen LogP contribution is 2.18. The Labute approximate surface area is 171 Å². The molecule has 0 spiro atoms. The van der Waals surface area contributed by atoms with Crippen molar-refractivity contribution in [1.82, 2.24) is 9.62 Å². The second-order valence-corrected chi connectivity index (χ2v) is 9.50. The fraction of sp³-hybridized carbons (Fsp3) is 0.350. The zero-order valence-electron chi connectivity index (χ0n) is 16.1. The summed E-state index contributed by atoms with van der Waals surface area (Å²) in [6.45, 7) is 0.725. The summed E-state index contributed by atoms with van der Waals surface area (Å²) in [6, 6.07) is 16.4. The zero-order valence-corrected chi connectivity index (χ0v) is 17.8. The summed E-state index contributed by atoms with van der Waals surface area (Å²) in [6.07, 6.45) is 0.467. The molecule has 2 aromatic rings. The monoisotopic (exact) mass is 422 g/mol. The number of thioether (sulfide) groups is 1. The molecule has 0 fully saturated rings. The molecule has 28 heavy (non-hydrogen) atoms. The van der Waals surface area contributed by atoms with Crippen LogP contribution >= 0.6 is 11.8 Å². The van der Waals surface area contributed by atoms with Crippen LogP contribution in [0.2, 0.25) is 0 Å². The molecule has 0 saturated carbocycles. The Bertz CT molecular complexity index is 838. The van der Waals surface area contributed by atoms with E-state index in [4.69, 9.17) is 4.74 Å². The first kappa shape index (κ1) is 22.3. The number of benzene rings is 2. The lowest BCUT2D eigenvalue weighted by atomic mass is 10.2. The maximum Gasteiger partial charge on any atom is 0.242 e. The number of rotatable bonds is 11. The number of nitrogens with one attached hydrogen (secondary N) is 1. The molecule has 152 valence electrons. The SMILES string of the molecule is CN(C)S(=O)(=O)c1ccc(OCCNC(=O)CCSCc2ccccc2)cc1. The molecule has 0 bridgehead atoms. The summed E-state index contributed by atoms with van der Waals surface area (Å²) in [5.74, 6) is 2.22. The van der Waals surface area contributed by atoms with Gasteiger partial charge in [0.15, 0.2) is 0 Å². The van der Waals surface area contributed by atoms with Crippen LogP contribution in [0.25, 0.3) is 0 Å². The molecule has 0 aromatic heterocycles. The number of carbonyl (C=O) groups excluding carboxylic acids is 1. The summed E-state index contributed by atoms with van der Waals surface area (Å²) < 4.78 is 30.7. The van der Waals surface area contributed by atoms with E-state index in [-0.39, 0.29) is 10.8 Å². The third-order valence-electron chi connectivity index (χ3n) is 3.88. The van der Waals surface area contributed by atoms with Gasteiger partial charge in [-0.15, -0.1) is 0 Å². The molecule has 0 aliphatic carbocycles. The van der Waals surface area contributed by atoms with Crippen LogP contribution in [0.5, 0.6) is 5.75 Å². The topological polar surface area (TPSA) is 75.7 Å². The smallest absolute Gasteiger partial charge is 0.242 e. The lowest BCUT2D eigenvalue weighted by Gasteiger charge is -2.12. The number of hydrogen-bond donors (Lipinski definition) is 1. The van der Waals surface area contributed by atoms with Gasteiger partial charge in [0.2, 0.25) is 15.9 Å². The summed E-state index contributed by atoms with van der Waals surface area (Å²) in [5, 5.41) is 2.82. The van der Waals surface area contributed by atoms with Gasteiger partial charge < -0.3 is 10.1 Å². The van der Waals surface area contributed by atoms with E-state index in [2.05, 4.69) is 17.4 Å². The number of hydrogen-bond acceptors (Lipinski definition) is 5. The van der Waals surface area contributed by atoms with Crippen molar-refractivity contribution in [3.8, 4) is 5.75 Å². The molecule has 0 aliphatic heterocycles. The molecule has 0 unspecified atom stereocenters. The van der Waals surface area contributed by atoms with Gasteiger partial charge in [-0.05, 0) is 29.8 Å². The second-order valence-electron chi connectivity index (χ2n) is 6.25. The Morgan fingerprint density at radius 2 is 1.75 bits per heavy atom. The molecule has 8 heteroatoms. The standard InChI is InChI=1S/C20H26N2O4S2/c1-22(2)28(24,25)19-10-8-18(9-11-19)26-14-13-21-20(23)12-15-27-16-17-6-4-3-5-7-17/h3-11H,12-16H2,1-2H3,(H,21,23). The van der Waals surface area contributed by atoms with Crippen LogP contribution in [0.1, 0.15) is 12.0 Å². The van der Waals surface area contributed by atoms with Crippen LogP contribution in [0.4, 0.5) is 0 Å². The van der Waals surface area contributed by atoms with Gasteiger partial charge in [0.25, 0.3) is 0 Å². The molecule has 2 rings (SSSR count). The van der Waals surface area contributed by atoms with Gasteiger partial charge in [-0.1, -0.05) is 30.3 Å². The van der Waals surface area contributed by atoms with Crippen LogP contribution in [-0.4, -0.2) is 51.6 Å². The molecule has 2 aromatic carbocycles. The summed E-state index contributed by atoms with van der Waals surface area (Å²) in [5.41, 5.74) is 1.26. The minimum atomic E-state index is -3.44. The number of ether oxygens (including phenoxy) is 1. The predicted molar refractivity (Wildman–Crippen MR) is 113 cm³/mol. The van der Waals surface area contributed by atoms with Gasteiger partial charge in [-0.2, -0.15) is 11.8 Å². The van der Waals surface area contributed by atoms with E-state index in [0.717, 1.165) is 15.8 Å². The number of amides is 1. The van der Waals surface area contributed by atoms with Crippen LogP contribution < -0.4 is 10.1 Å². The van der Waals surface area contributed by atoms with Crippen molar-refractivity contribution >= 4 is 27.7 Å². The minimum Gasteiger partial charge on any atom is -0.492 e. The van der Waals surface area contributed by atoms with E-state index >= 15 is 0 Å². The Morgan fingerprint density at radius 1 is 1.07 bits per heavy atom. The van der Waals surface area contributed by atoms with Gasteiger partial charge in [-0.25, -0.2) is 12.7 Å². The van der Waals surface area contributed by atoms with Crippen molar-refractivity contribution in [3.05, 3.63) is 60.2 Å². The van der Waals surface area contributed by atoms with E-state index in [1.54, 1.807) is 23.9 Å². The number of carbonyl (C=O) groups is 1. The third-order valence-corrected chi connectivity index (χ3v) is 6.74. The van der Waals surface area contributed by atoms with E-state index < -0.39 is 10.0 Å². The Morgan fingerprint density at radius 3 is 2.39 bits per heavy atom. The average molecular weight is 423 g/mol. The predicted octanol–water partition coefficient (Wildman–Crippen LogP) is 2.76. The maximum absolute atomic E-state index is 12.0. The molecule has 0 aliphatic rings. The van der Waals surface area contributed by atoms with Crippen molar-refractivity contribution in [3.63, 3.8) is 0 Å². The third kappa shape index (κ3) is 7.18. The molecule has 0 saturated heterocycles. The molecular formula is C20H26N2O4S2. The minimum absolute atomic E-state index is 0.00316. The van der Waals surface area contributed by atoms with Gasteiger partial charge in [0.1, 0.15) is 12.4 Å². The fourth-order valence-electron chi connectivity index (χ4n) is 2.30. The number of sulfonamides is 1. The van der Waals surface area contributed by atoms with Crippen LogP contribution in [0.15, 0.2) is 59.5 Å². The van der Waals surface area contributed by atoms with E-state index in [9.17, 15) is 13.2 Å². The van der Waals surface area contributed by atoms with E-state index in [1.807, 2.05) is 18.2 Å². The molecule has 0 heterocycles. The van der Waals surface area contributed by atoms with Crippen LogP contribution in [-0.2, 0) is 20.6 Å². The summed E-state index contributed by atoms with van der Waals surface area (Å²) in [7, 11) is -0.463. The second kappa shape index (κ2) is 11.1. The van der Waals surface area contributed by atoms with Crippen molar-refractivity contribution in [2.45, 2.75) is 17.1 Å². The van der Waals surface area contributed by atoms with Crippen molar-refractivity contribution < 1.29 is 17.9 Å². The molecule has 6 nitrogen and oxygen atoms in total. The van der Waals surface area contributed by atoms with Gasteiger partial charge >= 0.3 is 0 Å². The Kier molecular flexibility index (Phi) is 8.82. The zero-order chi connectivity index (χ0) is 20.4. The van der Waals surface area contributed by atoms with Gasteiger partial charge in [0, 0.05) is 32.0 Å². The van der Waals surface area contributed by atoms with E-state index in [1.165, 1.54) is 31.8 Å². The maximum atomic E-state index is 12.0. The largest absolute Gasteiger partial charge is 0.492 e. The highest BCUT2D eigenvalue weighted by Gasteiger charge is 2.16. The molecule has 1 N–H and O–H groups in total. The van der Waals surface area contributed by atoms with Gasteiger partial charge in [-0.3, -0.25) is 4.79 Å². The van der Waals surface area contributed by atoms with Gasteiger partial charge in [0.05, 0.1) is 11.4 Å². The van der Waals surface area contributed by atoms with Crippen LogP contribution in [0.3, 0.4) is 0 Å². The van der Waals surface area contributed by atoms with Crippen molar-refractivity contribution in [2.75, 3.05) is 33.0 Å². The first-order valence-corrected chi connectivity index (χ1v) is 11.5. The highest BCUT2D eigenvalue weighted by atomic mass is 32.2. The summed E-state index contributed by atoms with van der Waals surface area (Å²) >= 11 is 1.73. The first-order chi connectivity index (χ1) is 13.4. The molecule has 0 atom stereocenters. The number of nitrogens with zero attached hydrogens (tertiary/aromatic N) is 1. The normalized spacial score (nSPS) is 11.4. The van der Waals surface area contributed by atoms with Crippen LogP contribution in [0, 0.1) is 0 Å². The highest BCUT2D eigenvalue weighted by molar-refractivity contribution is 7.98. The fourth-order valence-corrected chi connectivity index (χ4v) is 4.10. The summed E-state index contributed by atoms with van der Waals surface area (Å²) in [4.78, 5) is 12.0. The van der Waals surface area contributed by atoms with Crippen molar-refractivity contribution in [2.24, 2.45) is 0 Å².